The molecule has 6 heteroatoms. The van der Waals surface area contributed by atoms with Crippen LogP contribution in [0.2, 0.25) is 0 Å². The molecule has 6 nitrogen and oxygen atoms in total. The maximum Gasteiger partial charge on any atom is 0.137 e. The molecule has 0 amide bonds. The molecule has 0 spiro atoms. The molecule has 234 valence electrons. The number of rotatable bonds is 6. The lowest BCUT2D eigenvalue weighted by Gasteiger charge is -2.36. The third kappa shape index (κ3) is 5.21. The fraction of sp³-hybridized carbons (Fsp3) is 0.300. The summed E-state index contributed by atoms with van der Waals surface area (Å²) >= 11 is 0. The molecule has 6 aromatic rings. The van der Waals surface area contributed by atoms with Crippen LogP contribution in [0, 0.1) is 33.6 Å². The topological polar surface area (TPSA) is 48.1 Å². The van der Waals surface area contributed by atoms with E-state index in [1.54, 1.807) is 0 Å². The molecule has 1 aliphatic carbocycles. The molecule has 7 rings (SSSR count). The van der Waals surface area contributed by atoms with Crippen molar-refractivity contribution in [1.29, 1.82) is 0 Å². The van der Waals surface area contributed by atoms with Crippen LogP contribution in [-0.4, -0.2) is 44.4 Å². The zero-order valence-electron chi connectivity index (χ0n) is 28.2. The van der Waals surface area contributed by atoms with E-state index in [4.69, 9.17) is 14.8 Å². The van der Waals surface area contributed by atoms with Crippen molar-refractivity contribution >= 4 is 21.8 Å². The fourth-order valence-corrected chi connectivity index (χ4v) is 7.62. The third-order valence-electron chi connectivity index (χ3n) is 9.74. The molecule has 1 unspecified atom stereocenters. The van der Waals surface area contributed by atoms with Crippen LogP contribution in [0.1, 0.15) is 54.3 Å². The summed E-state index contributed by atoms with van der Waals surface area (Å²) in [4.78, 5) is 7.06. The number of ether oxygens (including phenoxy) is 1. The van der Waals surface area contributed by atoms with Crippen LogP contribution in [-0.2, 0) is 0 Å². The Morgan fingerprint density at radius 2 is 1.59 bits per heavy atom. The van der Waals surface area contributed by atoms with Gasteiger partial charge in [-0.1, -0.05) is 36.8 Å². The van der Waals surface area contributed by atoms with E-state index in [0.29, 0.717) is 17.9 Å². The lowest BCUT2D eigenvalue weighted by Crippen LogP contribution is -2.33. The maximum absolute atomic E-state index is 6.61. The van der Waals surface area contributed by atoms with Gasteiger partial charge in [0.25, 0.3) is 0 Å². The van der Waals surface area contributed by atoms with E-state index >= 15 is 0 Å². The molecule has 0 saturated carbocycles. The SMILES string of the molecule is CC1=C[C@H](N(C)C)C[C@H](C)C1c1c(C)nn(-c2cc(C)cc(Oc3ccc4c5ccccc5n(-c5cc(C)ccn5)c4c3)c2)c1C. The van der Waals surface area contributed by atoms with E-state index in [1.807, 2.05) is 12.3 Å². The van der Waals surface area contributed by atoms with Gasteiger partial charge in [0.05, 0.1) is 22.4 Å². The molecular weight excluding hydrogens is 566 g/mol. The van der Waals surface area contributed by atoms with Crippen LogP contribution in [0.25, 0.3) is 33.3 Å². The fourth-order valence-electron chi connectivity index (χ4n) is 7.62. The molecule has 0 fully saturated rings. The van der Waals surface area contributed by atoms with E-state index in [1.165, 1.54) is 33.2 Å². The number of nitrogens with zero attached hydrogens (tertiary/aromatic N) is 5. The summed E-state index contributed by atoms with van der Waals surface area (Å²) in [5.74, 6) is 3.37. The zero-order chi connectivity index (χ0) is 32.3. The first kappa shape index (κ1) is 30.0. The van der Waals surface area contributed by atoms with Crippen molar-refractivity contribution in [3.05, 3.63) is 119 Å². The summed E-state index contributed by atoms with van der Waals surface area (Å²) in [6.45, 7) is 13.3. The number of hydrogen-bond donors (Lipinski definition) is 0. The first-order chi connectivity index (χ1) is 22.1. The molecule has 0 radical (unpaired) electrons. The van der Waals surface area contributed by atoms with Gasteiger partial charge in [0.2, 0.25) is 0 Å². The second-order valence-corrected chi connectivity index (χ2v) is 13.5. The molecule has 1 aliphatic rings. The molecule has 0 aliphatic heterocycles. The lowest BCUT2D eigenvalue weighted by molar-refractivity contribution is 0.266. The minimum absolute atomic E-state index is 0.367. The van der Waals surface area contributed by atoms with Crippen molar-refractivity contribution in [3.8, 4) is 23.0 Å². The van der Waals surface area contributed by atoms with E-state index in [0.717, 1.165) is 51.7 Å². The number of likely N-dealkylation sites (N-methyl/N-ethyl adjacent to an activating group) is 1. The van der Waals surface area contributed by atoms with Gasteiger partial charge in [0, 0.05) is 52.3 Å². The summed E-state index contributed by atoms with van der Waals surface area (Å²) in [5.41, 5.74) is 10.6. The molecule has 46 heavy (non-hydrogen) atoms. The standard InChI is InChI=1S/C40H43N5O/c1-24-15-16-41-38(19-24)44-36-12-10-9-11-34(36)35-14-13-32(23-37(35)44)46-33-18-25(2)17-31(22-33)45-29(6)40(28(5)42-45)39-26(3)20-30(43(7)8)21-27(39)4/h9-20,22-23,27,30,39H,21H2,1-8H3/t27-,30-,39?/m0/s1. The van der Waals surface area contributed by atoms with Crippen LogP contribution in [0.3, 0.4) is 0 Å². The number of benzene rings is 3. The number of para-hydroxylation sites is 1. The molecule has 3 heterocycles. The van der Waals surface area contributed by atoms with E-state index in [9.17, 15) is 0 Å². The smallest absolute Gasteiger partial charge is 0.137 e. The Morgan fingerprint density at radius 3 is 2.35 bits per heavy atom. The highest BCUT2D eigenvalue weighted by molar-refractivity contribution is 6.09. The van der Waals surface area contributed by atoms with Gasteiger partial charge in [-0.2, -0.15) is 5.10 Å². The number of hydrogen-bond acceptors (Lipinski definition) is 4. The Bertz CT molecular complexity index is 2130. The van der Waals surface area contributed by atoms with Gasteiger partial charge in [0.1, 0.15) is 17.3 Å². The quantitative estimate of drug-likeness (QED) is 0.177. The monoisotopic (exact) mass is 609 g/mol. The molecule has 0 saturated heterocycles. The summed E-state index contributed by atoms with van der Waals surface area (Å²) in [6.07, 6.45) is 5.47. The molecule has 3 aromatic heterocycles. The average Bonchev–Trinajstić information content (AvgIpc) is 3.49. The Kier molecular flexibility index (Phi) is 7.56. The van der Waals surface area contributed by atoms with E-state index in [2.05, 4.69) is 143 Å². The molecule has 0 N–H and O–H groups in total. The Labute approximate surface area is 271 Å². The number of pyridine rings is 1. The second-order valence-electron chi connectivity index (χ2n) is 13.5. The van der Waals surface area contributed by atoms with Crippen LogP contribution >= 0.6 is 0 Å². The summed E-state index contributed by atoms with van der Waals surface area (Å²) in [5, 5.41) is 7.46. The summed E-state index contributed by atoms with van der Waals surface area (Å²) in [7, 11) is 4.35. The lowest BCUT2D eigenvalue weighted by atomic mass is 9.73. The van der Waals surface area contributed by atoms with E-state index in [-0.39, 0.29) is 0 Å². The first-order valence-electron chi connectivity index (χ1n) is 16.3. The van der Waals surface area contributed by atoms with E-state index < -0.39 is 0 Å². The number of allylic oxidation sites excluding steroid dienone is 1. The van der Waals surface area contributed by atoms with Crippen LogP contribution in [0.15, 0.2) is 90.6 Å². The van der Waals surface area contributed by atoms with Crippen molar-refractivity contribution in [3.63, 3.8) is 0 Å². The maximum atomic E-state index is 6.61. The zero-order valence-corrected chi connectivity index (χ0v) is 28.2. The molecule has 3 atom stereocenters. The van der Waals surface area contributed by atoms with Crippen molar-refractivity contribution in [1.82, 2.24) is 24.2 Å². The average molecular weight is 610 g/mol. The van der Waals surface area contributed by atoms with Crippen molar-refractivity contribution in [2.75, 3.05) is 14.1 Å². The van der Waals surface area contributed by atoms with Gasteiger partial charge in [0.15, 0.2) is 0 Å². The number of aromatic nitrogens is 4. The molecule has 3 aromatic carbocycles. The summed E-state index contributed by atoms with van der Waals surface area (Å²) in [6, 6.07) is 25.9. The normalized spacial score (nSPS) is 18.5. The molecule has 0 bridgehead atoms. The van der Waals surface area contributed by atoms with Crippen molar-refractivity contribution < 1.29 is 4.74 Å². The van der Waals surface area contributed by atoms with Crippen molar-refractivity contribution in [2.45, 2.75) is 59.9 Å². The second kappa shape index (κ2) is 11.6. The van der Waals surface area contributed by atoms with Gasteiger partial charge in [-0.15, -0.1) is 0 Å². The highest BCUT2D eigenvalue weighted by Gasteiger charge is 2.33. The number of fused-ring (bicyclic) bond motifs is 3. The summed E-state index contributed by atoms with van der Waals surface area (Å²) < 4.78 is 10.9. The van der Waals surface area contributed by atoms with Crippen molar-refractivity contribution in [2.24, 2.45) is 5.92 Å². The minimum Gasteiger partial charge on any atom is -0.457 e. The third-order valence-corrected chi connectivity index (χ3v) is 9.74. The molecular formula is C40H43N5O. The Hall–Kier alpha value is -4.68. The highest BCUT2D eigenvalue weighted by atomic mass is 16.5. The Balaban J connectivity index is 1.27. The van der Waals surface area contributed by atoms with Gasteiger partial charge in [-0.3, -0.25) is 4.57 Å². The predicted molar refractivity (Wildman–Crippen MR) is 189 cm³/mol. The Morgan fingerprint density at radius 1 is 0.804 bits per heavy atom. The van der Waals surface area contributed by atoms with Gasteiger partial charge in [-0.25, -0.2) is 9.67 Å². The predicted octanol–water partition coefficient (Wildman–Crippen LogP) is 9.39. The highest BCUT2D eigenvalue weighted by Crippen LogP contribution is 2.42. The van der Waals surface area contributed by atoms with Crippen LogP contribution in [0.4, 0.5) is 0 Å². The minimum atomic E-state index is 0.367. The van der Waals surface area contributed by atoms with Gasteiger partial charge >= 0.3 is 0 Å². The first-order valence-corrected chi connectivity index (χ1v) is 16.3. The number of aryl methyl sites for hydroxylation is 3. The van der Waals surface area contributed by atoms with Crippen LogP contribution in [0.5, 0.6) is 11.5 Å². The van der Waals surface area contributed by atoms with Gasteiger partial charge in [-0.05, 0) is 115 Å². The van der Waals surface area contributed by atoms with Gasteiger partial charge < -0.3 is 9.64 Å². The largest absolute Gasteiger partial charge is 0.457 e. The van der Waals surface area contributed by atoms with Crippen LogP contribution < -0.4 is 4.74 Å².